The molecule has 5 aromatic rings. The van der Waals surface area contributed by atoms with Gasteiger partial charge in [-0.05, 0) is 54.3 Å². The van der Waals surface area contributed by atoms with Crippen LogP contribution >= 0.6 is 11.8 Å². The maximum absolute atomic E-state index is 12.9. The lowest BCUT2D eigenvalue weighted by Gasteiger charge is -2.07. The molecule has 0 unspecified atom stereocenters. The van der Waals surface area contributed by atoms with Crippen LogP contribution in [0.1, 0.15) is 15.9 Å². The predicted molar refractivity (Wildman–Crippen MR) is 129 cm³/mol. The maximum atomic E-state index is 12.9. The van der Waals surface area contributed by atoms with E-state index in [0.717, 1.165) is 16.6 Å². The Kier molecular flexibility index (Phi) is 5.25. The van der Waals surface area contributed by atoms with Gasteiger partial charge in [-0.3, -0.25) is 19.7 Å². The largest absolute Gasteiger partial charge is 0.348 e. The Labute approximate surface area is 188 Å². The summed E-state index contributed by atoms with van der Waals surface area (Å²) in [4.78, 5) is 31.3. The monoisotopic (exact) mass is 440 g/mol. The molecule has 7 heteroatoms. The van der Waals surface area contributed by atoms with Crippen LogP contribution in [0.5, 0.6) is 0 Å². The van der Waals surface area contributed by atoms with Crippen molar-refractivity contribution >= 4 is 39.5 Å². The summed E-state index contributed by atoms with van der Waals surface area (Å²) in [6, 6.07) is 22.8. The number of aromatic nitrogens is 3. The fourth-order valence-electron chi connectivity index (χ4n) is 3.69. The number of nitrogens with one attached hydrogen (secondary N) is 2. The molecule has 0 saturated heterocycles. The van der Waals surface area contributed by atoms with Gasteiger partial charge in [0.1, 0.15) is 0 Å². The smallest absolute Gasteiger partial charge is 0.280 e. The molecule has 0 saturated carbocycles. The van der Waals surface area contributed by atoms with Crippen molar-refractivity contribution in [3.63, 3.8) is 0 Å². The molecule has 0 aliphatic carbocycles. The number of fused-ring (bicyclic) bond motifs is 3. The van der Waals surface area contributed by atoms with Gasteiger partial charge in [0.15, 0.2) is 0 Å². The number of amides is 1. The van der Waals surface area contributed by atoms with E-state index < -0.39 is 0 Å². The van der Waals surface area contributed by atoms with E-state index in [2.05, 4.69) is 15.4 Å². The van der Waals surface area contributed by atoms with E-state index >= 15 is 0 Å². The van der Waals surface area contributed by atoms with Crippen molar-refractivity contribution in [2.45, 2.75) is 11.4 Å². The summed E-state index contributed by atoms with van der Waals surface area (Å²) in [5.74, 6) is -0.178. The summed E-state index contributed by atoms with van der Waals surface area (Å²) in [5.41, 5.74) is 3.48. The van der Waals surface area contributed by atoms with Crippen LogP contribution in [-0.4, -0.2) is 26.9 Å². The SMILES string of the molecule is CSc1ccc(CNC(=O)c2ccc3ncc4c(=O)n(-c5ccccc5)[nH]c4c3c2)cc1. The Balaban J connectivity index is 1.48. The van der Waals surface area contributed by atoms with Crippen molar-refractivity contribution in [1.29, 1.82) is 0 Å². The lowest BCUT2D eigenvalue weighted by Crippen LogP contribution is -2.22. The molecule has 2 N–H and O–H groups in total. The summed E-state index contributed by atoms with van der Waals surface area (Å²) < 4.78 is 1.50. The number of aromatic amines is 1. The molecule has 0 aliphatic rings. The summed E-state index contributed by atoms with van der Waals surface area (Å²) in [5, 5.41) is 7.36. The average molecular weight is 441 g/mol. The number of hydrogen-bond acceptors (Lipinski definition) is 4. The third-order valence-corrected chi connectivity index (χ3v) is 6.16. The van der Waals surface area contributed by atoms with Crippen molar-refractivity contribution in [1.82, 2.24) is 20.1 Å². The molecular weight excluding hydrogens is 420 g/mol. The van der Waals surface area contributed by atoms with E-state index in [0.29, 0.717) is 28.5 Å². The lowest BCUT2D eigenvalue weighted by atomic mass is 10.1. The number of thioether (sulfide) groups is 1. The number of nitrogens with zero attached hydrogens (tertiary/aromatic N) is 2. The van der Waals surface area contributed by atoms with Crippen LogP contribution in [0.25, 0.3) is 27.5 Å². The number of carbonyl (C=O) groups excluding carboxylic acids is 1. The first-order chi connectivity index (χ1) is 15.6. The van der Waals surface area contributed by atoms with Gasteiger partial charge in [0.05, 0.1) is 22.1 Å². The van der Waals surface area contributed by atoms with Crippen LogP contribution < -0.4 is 10.9 Å². The van der Waals surface area contributed by atoms with Gasteiger partial charge in [0.25, 0.3) is 11.5 Å². The maximum Gasteiger partial charge on any atom is 0.280 e. The van der Waals surface area contributed by atoms with Gasteiger partial charge >= 0.3 is 0 Å². The van der Waals surface area contributed by atoms with Crippen molar-refractivity contribution in [2.75, 3.05) is 6.26 Å². The van der Waals surface area contributed by atoms with Crippen LogP contribution in [0, 0.1) is 0 Å². The van der Waals surface area contributed by atoms with E-state index in [4.69, 9.17) is 0 Å². The van der Waals surface area contributed by atoms with Crippen LogP contribution in [0.4, 0.5) is 0 Å². The second-order valence-corrected chi connectivity index (χ2v) is 8.28. The van der Waals surface area contributed by atoms with Crippen LogP contribution in [0.3, 0.4) is 0 Å². The Morgan fingerprint density at radius 3 is 2.56 bits per heavy atom. The highest BCUT2D eigenvalue weighted by atomic mass is 32.2. The number of carbonyl (C=O) groups is 1. The van der Waals surface area contributed by atoms with Gasteiger partial charge in [-0.25, -0.2) is 4.68 Å². The zero-order valence-electron chi connectivity index (χ0n) is 17.3. The number of para-hydroxylation sites is 1. The second kappa shape index (κ2) is 8.36. The van der Waals surface area contributed by atoms with Gasteiger partial charge < -0.3 is 5.32 Å². The van der Waals surface area contributed by atoms with Crippen LogP contribution in [-0.2, 0) is 6.54 Å². The molecule has 0 fully saturated rings. The van der Waals surface area contributed by atoms with E-state index in [9.17, 15) is 9.59 Å². The number of hydrogen-bond donors (Lipinski definition) is 2. The zero-order chi connectivity index (χ0) is 22.1. The van der Waals surface area contributed by atoms with Crippen molar-refractivity contribution < 1.29 is 4.79 Å². The highest BCUT2D eigenvalue weighted by Crippen LogP contribution is 2.22. The predicted octanol–water partition coefficient (Wildman–Crippen LogP) is 4.52. The highest BCUT2D eigenvalue weighted by Gasteiger charge is 2.14. The fraction of sp³-hybridized carbons (Fsp3) is 0.0800. The molecule has 1 amide bonds. The molecule has 158 valence electrons. The number of H-pyrrole nitrogens is 1. The van der Waals surface area contributed by atoms with Gasteiger partial charge in [0.2, 0.25) is 0 Å². The van der Waals surface area contributed by atoms with Gasteiger partial charge in [0, 0.05) is 28.6 Å². The van der Waals surface area contributed by atoms with Gasteiger partial charge in [-0.15, -0.1) is 11.8 Å². The van der Waals surface area contributed by atoms with Crippen LogP contribution in [0.2, 0.25) is 0 Å². The molecule has 6 nitrogen and oxygen atoms in total. The Hall–Kier alpha value is -3.84. The highest BCUT2D eigenvalue weighted by molar-refractivity contribution is 7.98. The molecule has 3 aromatic carbocycles. The fourth-order valence-corrected chi connectivity index (χ4v) is 4.09. The van der Waals surface area contributed by atoms with Crippen molar-refractivity contribution in [2.24, 2.45) is 0 Å². The summed E-state index contributed by atoms with van der Waals surface area (Å²) in [6.45, 7) is 0.440. The Morgan fingerprint density at radius 1 is 1.03 bits per heavy atom. The Bertz CT molecular complexity index is 1490. The molecule has 2 aromatic heterocycles. The molecule has 5 rings (SSSR count). The zero-order valence-corrected chi connectivity index (χ0v) is 18.1. The van der Waals surface area contributed by atoms with E-state index in [1.165, 1.54) is 9.58 Å². The first-order valence-electron chi connectivity index (χ1n) is 10.1. The number of rotatable bonds is 5. The molecular formula is C25H20N4O2S. The van der Waals surface area contributed by atoms with E-state index in [1.807, 2.05) is 60.9 Å². The summed E-state index contributed by atoms with van der Waals surface area (Å²) in [6.07, 6.45) is 3.61. The molecule has 32 heavy (non-hydrogen) atoms. The Morgan fingerprint density at radius 2 is 1.81 bits per heavy atom. The van der Waals surface area contributed by atoms with Gasteiger partial charge in [-0.2, -0.15) is 0 Å². The first kappa shape index (κ1) is 20.1. The minimum absolute atomic E-state index is 0.177. The first-order valence-corrected chi connectivity index (χ1v) is 11.4. The standard InChI is InChI=1S/C25H20N4O2S/c1-32-19-10-7-16(8-11-19)14-27-24(30)17-9-12-22-20(13-17)23-21(15-26-22)25(31)29(28-23)18-5-3-2-4-6-18/h2-13,15,28H,14H2,1H3,(H,27,30). The molecule has 0 radical (unpaired) electrons. The molecule has 2 heterocycles. The van der Waals surface area contributed by atoms with Gasteiger partial charge in [-0.1, -0.05) is 30.3 Å². The quantitative estimate of drug-likeness (QED) is 0.394. The molecule has 0 aliphatic heterocycles. The molecule has 0 bridgehead atoms. The third kappa shape index (κ3) is 3.67. The average Bonchev–Trinajstić information content (AvgIpc) is 3.20. The normalized spacial score (nSPS) is 11.2. The topological polar surface area (TPSA) is 79.8 Å². The van der Waals surface area contributed by atoms with Crippen LogP contribution in [0.15, 0.2) is 88.7 Å². The lowest BCUT2D eigenvalue weighted by molar-refractivity contribution is 0.0951. The minimum atomic E-state index is -0.178. The minimum Gasteiger partial charge on any atom is -0.348 e. The molecule has 0 spiro atoms. The van der Waals surface area contributed by atoms with E-state index in [-0.39, 0.29) is 11.5 Å². The molecule has 0 atom stereocenters. The number of pyridine rings is 1. The second-order valence-electron chi connectivity index (χ2n) is 7.40. The van der Waals surface area contributed by atoms with Crippen molar-refractivity contribution in [3.05, 3.63) is 100 Å². The number of benzene rings is 3. The summed E-state index contributed by atoms with van der Waals surface area (Å²) >= 11 is 1.68. The van der Waals surface area contributed by atoms with Crippen molar-refractivity contribution in [3.8, 4) is 5.69 Å². The third-order valence-electron chi connectivity index (χ3n) is 5.41. The summed E-state index contributed by atoms with van der Waals surface area (Å²) in [7, 11) is 0. The van der Waals surface area contributed by atoms with E-state index in [1.54, 1.807) is 36.2 Å².